The molecule has 1 unspecified atom stereocenters. The summed E-state index contributed by atoms with van der Waals surface area (Å²) in [5.74, 6) is -0.555. The molecule has 1 atom stereocenters. The Hall–Kier alpha value is -3.78. The zero-order chi connectivity index (χ0) is 25.7. The summed E-state index contributed by atoms with van der Waals surface area (Å²) in [6.45, 7) is -0.204. The third-order valence-electron chi connectivity index (χ3n) is 6.27. The Morgan fingerprint density at radius 2 is 1.61 bits per heavy atom. The summed E-state index contributed by atoms with van der Waals surface area (Å²) in [7, 11) is 0. The average Bonchev–Trinajstić information content (AvgIpc) is 3.03. The van der Waals surface area contributed by atoms with Gasteiger partial charge in [-0.3, -0.25) is 9.80 Å². The van der Waals surface area contributed by atoms with Gasteiger partial charge in [-0.2, -0.15) is 5.26 Å². The second kappa shape index (κ2) is 8.41. The first-order valence-electron chi connectivity index (χ1n) is 10.7. The molecule has 1 N–H and O–H groups in total. The van der Waals surface area contributed by atoms with Crippen molar-refractivity contribution in [1.82, 2.24) is 0 Å². The molecule has 11 heteroatoms. The van der Waals surface area contributed by atoms with E-state index >= 15 is 0 Å². The molecule has 2 fully saturated rings. The van der Waals surface area contributed by atoms with Gasteiger partial charge in [-0.15, -0.1) is 13.2 Å². The molecule has 1 spiro atoms. The average molecular weight is 516 g/mol. The monoisotopic (exact) mass is 515 g/mol. The second-order valence-electron chi connectivity index (χ2n) is 8.36. The minimum atomic E-state index is -4.95. The van der Waals surface area contributed by atoms with Gasteiger partial charge in [0, 0.05) is 22.0 Å². The zero-order valence-corrected chi connectivity index (χ0v) is 19.1. The molecule has 0 aliphatic carbocycles. The van der Waals surface area contributed by atoms with Crippen molar-refractivity contribution >= 4 is 29.0 Å². The van der Waals surface area contributed by atoms with Crippen molar-refractivity contribution in [2.24, 2.45) is 0 Å². The van der Waals surface area contributed by atoms with Crippen LogP contribution in [-0.2, 0) is 10.5 Å². The van der Waals surface area contributed by atoms with Crippen molar-refractivity contribution in [3.05, 3.63) is 88.9 Å². The van der Waals surface area contributed by atoms with Crippen LogP contribution in [0.25, 0.3) is 0 Å². The maximum absolute atomic E-state index is 14.0. The highest BCUT2D eigenvalue weighted by Gasteiger charge is 2.72. The number of nitrogens with zero attached hydrogens (tertiary/aromatic N) is 3. The molecule has 2 amide bonds. The summed E-state index contributed by atoms with van der Waals surface area (Å²) in [4.78, 5) is 16.4. The fourth-order valence-electron chi connectivity index (χ4n) is 4.65. The van der Waals surface area contributed by atoms with E-state index in [0.29, 0.717) is 16.3 Å². The summed E-state index contributed by atoms with van der Waals surface area (Å²) in [5, 5.41) is 22.0. The molecule has 7 nitrogen and oxygen atoms in total. The van der Waals surface area contributed by atoms with E-state index in [2.05, 4.69) is 4.74 Å². The molecule has 2 saturated heterocycles. The molecule has 2 heterocycles. The molecule has 3 aromatic carbocycles. The van der Waals surface area contributed by atoms with Crippen molar-refractivity contribution in [3.63, 3.8) is 0 Å². The van der Waals surface area contributed by atoms with Crippen molar-refractivity contribution in [1.29, 1.82) is 5.26 Å². The summed E-state index contributed by atoms with van der Waals surface area (Å²) in [6, 6.07) is 18.5. The van der Waals surface area contributed by atoms with E-state index in [1.54, 1.807) is 24.3 Å². The van der Waals surface area contributed by atoms with Gasteiger partial charge in [-0.05, 0) is 60.7 Å². The number of anilines is 2. The Morgan fingerprint density at radius 3 is 2.17 bits per heavy atom. The lowest BCUT2D eigenvalue weighted by molar-refractivity contribution is -0.274. The van der Waals surface area contributed by atoms with Gasteiger partial charge in [-0.25, -0.2) is 4.79 Å². The largest absolute Gasteiger partial charge is 0.573 e. The number of hydrogen-bond acceptors (Lipinski definition) is 5. The maximum Gasteiger partial charge on any atom is 0.573 e. The van der Waals surface area contributed by atoms with Crippen LogP contribution in [0.3, 0.4) is 0 Å². The summed E-state index contributed by atoms with van der Waals surface area (Å²) in [6.07, 6.45) is -4.95. The zero-order valence-electron chi connectivity index (χ0n) is 18.4. The van der Waals surface area contributed by atoms with Crippen molar-refractivity contribution in [2.75, 3.05) is 23.0 Å². The van der Waals surface area contributed by atoms with Gasteiger partial charge >= 0.3 is 12.4 Å². The quantitative estimate of drug-likeness (QED) is 0.518. The number of rotatable bonds is 4. The molecule has 0 aromatic heterocycles. The van der Waals surface area contributed by atoms with Crippen LogP contribution < -0.4 is 14.5 Å². The van der Waals surface area contributed by atoms with Crippen LogP contribution in [0.1, 0.15) is 11.1 Å². The number of nitriles is 1. The van der Waals surface area contributed by atoms with Crippen LogP contribution in [0.4, 0.5) is 29.3 Å². The van der Waals surface area contributed by atoms with Crippen LogP contribution in [0.5, 0.6) is 5.75 Å². The number of alkyl halides is 3. The van der Waals surface area contributed by atoms with Crippen LogP contribution in [0.2, 0.25) is 5.02 Å². The predicted molar refractivity (Wildman–Crippen MR) is 124 cm³/mol. The number of aliphatic hydroxyl groups is 1. The van der Waals surface area contributed by atoms with Crippen molar-refractivity contribution in [2.45, 2.75) is 17.6 Å². The van der Waals surface area contributed by atoms with E-state index in [0.717, 1.165) is 17.0 Å². The molecular weight excluding hydrogens is 499 g/mol. The molecule has 3 aromatic rings. The molecule has 36 heavy (non-hydrogen) atoms. The lowest BCUT2D eigenvalue weighted by atomic mass is 9.78. The smallest absolute Gasteiger partial charge is 0.406 e. The van der Waals surface area contributed by atoms with Gasteiger partial charge < -0.3 is 14.6 Å². The first-order chi connectivity index (χ1) is 17.1. The fourth-order valence-corrected chi connectivity index (χ4v) is 4.78. The normalized spacial score (nSPS) is 20.8. The Morgan fingerprint density at radius 1 is 1.00 bits per heavy atom. The third-order valence-corrected chi connectivity index (χ3v) is 6.53. The molecule has 0 radical (unpaired) electrons. The van der Waals surface area contributed by atoms with Crippen molar-refractivity contribution < 1.29 is 32.5 Å². The third kappa shape index (κ3) is 3.64. The van der Waals surface area contributed by atoms with Crippen LogP contribution in [-0.4, -0.2) is 36.3 Å². The fraction of sp³-hybridized carbons (Fsp3) is 0.200. The Labute approximate surface area is 208 Å². The highest BCUT2D eigenvalue weighted by Crippen LogP contribution is 2.54. The topological polar surface area (TPSA) is 86.0 Å². The lowest BCUT2D eigenvalue weighted by Crippen LogP contribution is -2.70. The van der Waals surface area contributed by atoms with Gasteiger partial charge in [0.25, 0.3) is 0 Å². The van der Waals surface area contributed by atoms with Gasteiger partial charge in [0.2, 0.25) is 5.72 Å². The molecule has 0 bridgehead atoms. The van der Waals surface area contributed by atoms with Gasteiger partial charge in [0.05, 0.1) is 24.8 Å². The Bertz CT molecular complexity index is 1350. The van der Waals surface area contributed by atoms with E-state index in [9.17, 15) is 28.3 Å². The molecule has 2 aliphatic heterocycles. The first kappa shape index (κ1) is 23.9. The SMILES string of the molecule is N#Cc1ccc(N2C(=O)N(c3ccc(Cl)cc3)C3(COC3)C2(O)c2cccc(OC(F)(F)F)c2)cc1. The van der Waals surface area contributed by atoms with Gasteiger partial charge in [-0.1, -0.05) is 23.7 Å². The number of amides is 2. The number of benzene rings is 3. The van der Waals surface area contributed by atoms with E-state index in [1.165, 1.54) is 41.3 Å². The number of urea groups is 1. The summed E-state index contributed by atoms with van der Waals surface area (Å²) in [5.41, 5.74) is -2.63. The van der Waals surface area contributed by atoms with Crippen LogP contribution in [0, 0.1) is 11.3 Å². The molecule has 184 valence electrons. The minimum absolute atomic E-state index is 0.0123. The Balaban J connectivity index is 1.72. The maximum atomic E-state index is 14.0. The number of hydrogen-bond donors (Lipinski definition) is 1. The van der Waals surface area contributed by atoms with E-state index < -0.39 is 29.4 Å². The van der Waals surface area contributed by atoms with Crippen LogP contribution in [0.15, 0.2) is 72.8 Å². The first-order valence-corrected chi connectivity index (χ1v) is 11.0. The van der Waals surface area contributed by atoms with Gasteiger partial charge in [0.1, 0.15) is 11.3 Å². The molecular formula is C25H17ClF3N3O4. The molecule has 2 aliphatic rings. The Kier molecular flexibility index (Phi) is 5.59. The minimum Gasteiger partial charge on any atom is -0.406 e. The second-order valence-corrected chi connectivity index (χ2v) is 8.80. The highest BCUT2D eigenvalue weighted by molar-refractivity contribution is 6.30. The van der Waals surface area contributed by atoms with Gasteiger partial charge in [0.15, 0.2) is 0 Å². The van der Waals surface area contributed by atoms with E-state index in [4.69, 9.17) is 16.3 Å². The highest BCUT2D eigenvalue weighted by atomic mass is 35.5. The predicted octanol–water partition coefficient (Wildman–Crippen LogP) is 5.17. The van der Waals surface area contributed by atoms with E-state index in [1.807, 2.05) is 6.07 Å². The summed E-state index contributed by atoms with van der Waals surface area (Å²) < 4.78 is 48.4. The molecule has 0 saturated carbocycles. The number of carbonyl (C=O) groups excluding carboxylic acids is 1. The van der Waals surface area contributed by atoms with Crippen molar-refractivity contribution in [3.8, 4) is 11.8 Å². The molecule has 5 rings (SSSR count). The summed E-state index contributed by atoms with van der Waals surface area (Å²) >= 11 is 6.03. The van der Waals surface area contributed by atoms with Crippen LogP contribution >= 0.6 is 11.6 Å². The standard InChI is InChI=1S/C25H17ClF3N3O4/c26-18-6-10-19(11-7-18)31-22(33)32(20-8-4-16(13-30)5-9-20)24(34,23(31)14-35-15-23)17-2-1-3-21(12-17)36-25(27,28)29/h1-12,34H,14-15H2. The number of ether oxygens (including phenoxy) is 2. The van der Waals surface area contributed by atoms with E-state index in [-0.39, 0.29) is 24.5 Å². The lowest BCUT2D eigenvalue weighted by Gasteiger charge is -2.51. The number of halogens is 4. The number of carbonyl (C=O) groups is 1.